The van der Waals surface area contributed by atoms with E-state index in [0.29, 0.717) is 12.0 Å². The molecule has 4 heteroatoms. The molecule has 5 rings (SSSR count). The minimum Gasteiger partial charge on any atom is -0.497 e. The van der Waals surface area contributed by atoms with Gasteiger partial charge < -0.3 is 10.5 Å². The molecule has 24 heavy (non-hydrogen) atoms. The number of benzene rings is 1. The van der Waals surface area contributed by atoms with Gasteiger partial charge in [-0.25, -0.2) is 0 Å². The minimum atomic E-state index is -0.00354. The van der Waals surface area contributed by atoms with Gasteiger partial charge in [0.2, 0.25) is 0 Å². The van der Waals surface area contributed by atoms with Gasteiger partial charge in [0.05, 0.1) is 12.6 Å². The van der Waals surface area contributed by atoms with E-state index < -0.39 is 0 Å². The van der Waals surface area contributed by atoms with Crippen molar-refractivity contribution in [2.75, 3.05) is 20.2 Å². The lowest BCUT2D eigenvalue weighted by atomic mass is 9.73. The van der Waals surface area contributed by atoms with E-state index in [9.17, 15) is 0 Å². The fourth-order valence-corrected chi connectivity index (χ4v) is 4.52. The van der Waals surface area contributed by atoms with Gasteiger partial charge >= 0.3 is 0 Å². The normalized spacial score (nSPS) is 30.2. The second-order valence-electron chi connectivity index (χ2n) is 7.06. The first-order valence-electron chi connectivity index (χ1n) is 8.76. The highest BCUT2D eigenvalue weighted by molar-refractivity contribution is 5.84. The molecule has 5 atom stereocenters. The van der Waals surface area contributed by atoms with Gasteiger partial charge in [0.25, 0.3) is 0 Å². The van der Waals surface area contributed by atoms with Gasteiger partial charge in [0.15, 0.2) is 0 Å². The maximum Gasteiger partial charge on any atom is 0.119 e. The van der Waals surface area contributed by atoms with E-state index >= 15 is 0 Å². The molecule has 0 aliphatic carbocycles. The van der Waals surface area contributed by atoms with E-state index in [0.717, 1.165) is 42.1 Å². The van der Waals surface area contributed by atoms with Crippen molar-refractivity contribution in [1.82, 2.24) is 9.88 Å². The predicted octanol–water partition coefficient (Wildman–Crippen LogP) is 3.14. The van der Waals surface area contributed by atoms with Gasteiger partial charge in [-0.15, -0.1) is 6.58 Å². The molecule has 3 aliphatic rings. The lowest BCUT2D eigenvalue weighted by Gasteiger charge is -2.51. The van der Waals surface area contributed by atoms with Crippen LogP contribution in [0.3, 0.4) is 0 Å². The van der Waals surface area contributed by atoms with E-state index in [1.165, 1.54) is 12.0 Å². The Morgan fingerprint density at radius 1 is 1.42 bits per heavy atom. The highest BCUT2D eigenvalue weighted by Gasteiger charge is 2.41. The van der Waals surface area contributed by atoms with Crippen LogP contribution in [0.1, 0.15) is 24.4 Å². The van der Waals surface area contributed by atoms with E-state index in [4.69, 9.17) is 10.5 Å². The number of hydrogen-bond acceptors (Lipinski definition) is 4. The Morgan fingerprint density at radius 3 is 3.00 bits per heavy atom. The standard InChI is InChI=1S/C20H25N3O/c1-3-13-12-23-9-7-14(13)10-19(23)20(21)16-6-8-22-18-5-4-15(24-2)11-17(16)18/h3-6,8,11,13-14,19-20H,1,7,9-10,12,21H2,2H3/t13?,14?,19?,20-/m1/s1. The molecule has 126 valence electrons. The highest BCUT2D eigenvalue weighted by atomic mass is 16.5. The zero-order chi connectivity index (χ0) is 16.7. The van der Waals surface area contributed by atoms with Crippen molar-refractivity contribution in [3.8, 4) is 5.75 Å². The van der Waals surface area contributed by atoms with Crippen molar-refractivity contribution in [2.24, 2.45) is 17.6 Å². The van der Waals surface area contributed by atoms with Gasteiger partial charge in [0.1, 0.15) is 5.75 Å². The van der Waals surface area contributed by atoms with Crippen LogP contribution in [-0.2, 0) is 0 Å². The highest BCUT2D eigenvalue weighted by Crippen LogP contribution is 2.41. The molecule has 4 nitrogen and oxygen atoms in total. The van der Waals surface area contributed by atoms with Gasteiger partial charge in [-0.05, 0) is 61.1 Å². The molecular formula is C20H25N3O. The van der Waals surface area contributed by atoms with Crippen molar-refractivity contribution in [2.45, 2.75) is 24.9 Å². The maximum absolute atomic E-state index is 6.76. The Hall–Kier alpha value is -1.91. The Morgan fingerprint density at radius 2 is 2.29 bits per heavy atom. The number of hydrogen-bond donors (Lipinski definition) is 1. The largest absolute Gasteiger partial charge is 0.497 e. The second kappa shape index (κ2) is 6.19. The predicted molar refractivity (Wildman–Crippen MR) is 97.0 cm³/mol. The molecule has 3 saturated heterocycles. The van der Waals surface area contributed by atoms with Crippen LogP contribution in [0.5, 0.6) is 5.75 Å². The molecule has 1 aromatic heterocycles. The molecule has 4 heterocycles. The first kappa shape index (κ1) is 15.6. The zero-order valence-corrected chi connectivity index (χ0v) is 14.2. The van der Waals surface area contributed by atoms with Crippen LogP contribution >= 0.6 is 0 Å². The molecule has 3 aliphatic heterocycles. The third-order valence-corrected chi connectivity index (χ3v) is 5.91. The number of rotatable bonds is 4. The van der Waals surface area contributed by atoms with E-state index in [1.54, 1.807) is 7.11 Å². The number of piperidine rings is 3. The molecule has 1 aromatic carbocycles. The summed E-state index contributed by atoms with van der Waals surface area (Å²) >= 11 is 0. The third kappa shape index (κ3) is 2.50. The first-order chi connectivity index (χ1) is 11.7. The molecule has 2 aromatic rings. The fraction of sp³-hybridized carbons (Fsp3) is 0.450. The number of aromatic nitrogens is 1. The van der Waals surface area contributed by atoms with Gasteiger partial charge in [-0.3, -0.25) is 9.88 Å². The molecule has 0 amide bonds. The number of methoxy groups -OCH3 is 1. The Bertz CT molecular complexity index is 760. The van der Waals surface area contributed by atoms with Crippen LogP contribution in [-0.4, -0.2) is 36.1 Å². The minimum absolute atomic E-state index is 0.00354. The Balaban J connectivity index is 1.69. The molecule has 3 fully saturated rings. The van der Waals surface area contributed by atoms with Crippen molar-refractivity contribution in [3.63, 3.8) is 0 Å². The summed E-state index contributed by atoms with van der Waals surface area (Å²) < 4.78 is 5.39. The SMILES string of the molecule is C=CC1CN2CCC1CC2[C@H](N)c1ccnc2ccc(OC)cc12. The average Bonchev–Trinajstić information content (AvgIpc) is 2.66. The van der Waals surface area contributed by atoms with Crippen molar-refractivity contribution < 1.29 is 4.74 Å². The number of nitrogens with two attached hydrogens (primary N) is 1. The maximum atomic E-state index is 6.76. The van der Waals surface area contributed by atoms with E-state index in [-0.39, 0.29) is 6.04 Å². The first-order valence-corrected chi connectivity index (χ1v) is 8.76. The van der Waals surface area contributed by atoms with Crippen LogP contribution in [0.4, 0.5) is 0 Å². The second-order valence-corrected chi connectivity index (χ2v) is 7.06. The summed E-state index contributed by atoms with van der Waals surface area (Å²) in [7, 11) is 1.69. The van der Waals surface area contributed by atoms with Crippen LogP contribution in [0.25, 0.3) is 10.9 Å². The van der Waals surface area contributed by atoms with Crippen LogP contribution < -0.4 is 10.5 Å². The van der Waals surface area contributed by atoms with Crippen molar-refractivity contribution in [1.29, 1.82) is 0 Å². The number of pyridine rings is 1. The summed E-state index contributed by atoms with van der Waals surface area (Å²) in [5, 5.41) is 1.10. The van der Waals surface area contributed by atoms with Gasteiger partial charge in [-0.1, -0.05) is 6.08 Å². The molecule has 0 saturated carbocycles. The zero-order valence-electron chi connectivity index (χ0n) is 14.2. The molecule has 2 N–H and O–H groups in total. The van der Waals surface area contributed by atoms with Crippen LogP contribution in [0.2, 0.25) is 0 Å². The number of ether oxygens (including phenoxy) is 1. The van der Waals surface area contributed by atoms with E-state index in [2.05, 4.69) is 34.7 Å². The lowest BCUT2D eigenvalue weighted by molar-refractivity contribution is 0.00749. The number of nitrogens with zero attached hydrogens (tertiary/aromatic N) is 2. The summed E-state index contributed by atoms with van der Waals surface area (Å²) in [6, 6.07) is 8.48. The smallest absolute Gasteiger partial charge is 0.119 e. The monoisotopic (exact) mass is 323 g/mol. The quantitative estimate of drug-likeness (QED) is 0.878. The number of fused-ring (bicyclic) bond motifs is 4. The van der Waals surface area contributed by atoms with Crippen LogP contribution in [0.15, 0.2) is 43.1 Å². The summed E-state index contributed by atoms with van der Waals surface area (Å²) in [5.41, 5.74) is 8.91. The Kier molecular flexibility index (Phi) is 4.02. The third-order valence-electron chi connectivity index (χ3n) is 5.91. The van der Waals surface area contributed by atoms with Gasteiger partial charge in [0, 0.05) is 30.2 Å². The summed E-state index contributed by atoms with van der Waals surface area (Å²) in [4.78, 5) is 7.04. The molecule has 0 spiro atoms. The van der Waals surface area contributed by atoms with E-state index in [1.807, 2.05) is 18.3 Å². The Labute approximate surface area is 143 Å². The van der Waals surface area contributed by atoms with Crippen molar-refractivity contribution in [3.05, 3.63) is 48.7 Å². The average molecular weight is 323 g/mol. The molecule has 2 bridgehead atoms. The molecular weight excluding hydrogens is 298 g/mol. The summed E-state index contributed by atoms with van der Waals surface area (Å²) in [6.45, 7) is 6.26. The summed E-state index contributed by atoms with van der Waals surface area (Å²) in [6.07, 6.45) is 6.43. The summed E-state index contributed by atoms with van der Waals surface area (Å²) in [5.74, 6) is 2.20. The van der Waals surface area contributed by atoms with Gasteiger partial charge in [-0.2, -0.15) is 0 Å². The topological polar surface area (TPSA) is 51.4 Å². The molecule has 0 radical (unpaired) electrons. The van der Waals surface area contributed by atoms with Crippen molar-refractivity contribution >= 4 is 10.9 Å². The lowest BCUT2D eigenvalue weighted by Crippen LogP contribution is -2.56. The van der Waals surface area contributed by atoms with Crippen LogP contribution in [0, 0.1) is 11.8 Å². The fourth-order valence-electron chi connectivity index (χ4n) is 4.52. The molecule has 4 unspecified atom stereocenters.